The molecule has 2 rings (SSSR count). The number of hydrogen-bond acceptors (Lipinski definition) is 5. The van der Waals surface area contributed by atoms with Gasteiger partial charge in [-0.1, -0.05) is 12.1 Å². The maximum absolute atomic E-state index is 12.1. The van der Waals surface area contributed by atoms with Gasteiger partial charge in [0.1, 0.15) is 11.8 Å². The molecular formula is C15H23ClN2O4. The van der Waals surface area contributed by atoms with Crippen molar-refractivity contribution in [3.05, 3.63) is 29.8 Å². The molecule has 7 heteroatoms. The normalized spacial score (nSPS) is 22.3. The van der Waals surface area contributed by atoms with Crippen LogP contribution in [0.5, 0.6) is 5.75 Å². The largest absolute Gasteiger partial charge is 0.497 e. The fourth-order valence-electron chi connectivity index (χ4n) is 2.30. The van der Waals surface area contributed by atoms with Crippen molar-refractivity contribution in [2.45, 2.75) is 25.2 Å². The number of carbonyl (C=O) groups excluding carboxylic acids is 1. The van der Waals surface area contributed by atoms with Gasteiger partial charge >= 0.3 is 0 Å². The lowest BCUT2D eigenvalue weighted by atomic mass is 10.1. The minimum Gasteiger partial charge on any atom is -0.497 e. The molecule has 0 aliphatic carbocycles. The fourth-order valence-corrected chi connectivity index (χ4v) is 2.30. The molecule has 1 aromatic rings. The predicted octanol–water partition coefficient (Wildman–Crippen LogP) is 0.643. The van der Waals surface area contributed by atoms with Gasteiger partial charge in [0, 0.05) is 13.1 Å². The average Bonchev–Trinajstić information content (AvgIpc) is 2.52. The Kier molecular flexibility index (Phi) is 7.61. The second kappa shape index (κ2) is 8.95. The number of aliphatic hydroxyl groups is 1. The van der Waals surface area contributed by atoms with E-state index in [1.165, 1.54) is 0 Å². The smallest absolute Gasteiger partial charge is 0.239 e. The van der Waals surface area contributed by atoms with E-state index >= 15 is 0 Å². The molecule has 1 aliphatic rings. The van der Waals surface area contributed by atoms with Crippen molar-refractivity contribution in [1.82, 2.24) is 10.6 Å². The highest BCUT2D eigenvalue weighted by Crippen LogP contribution is 2.18. The predicted molar refractivity (Wildman–Crippen MR) is 85.4 cm³/mol. The van der Waals surface area contributed by atoms with Crippen molar-refractivity contribution in [3.8, 4) is 5.75 Å². The first-order chi connectivity index (χ1) is 10.1. The molecule has 1 saturated heterocycles. The molecule has 3 atom stereocenters. The van der Waals surface area contributed by atoms with Crippen LogP contribution in [0.4, 0.5) is 0 Å². The number of morpholine rings is 1. The molecule has 0 bridgehead atoms. The number of ether oxygens (including phenoxy) is 2. The number of carbonyl (C=O) groups is 1. The number of methoxy groups -OCH3 is 1. The summed E-state index contributed by atoms with van der Waals surface area (Å²) < 4.78 is 10.5. The summed E-state index contributed by atoms with van der Waals surface area (Å²) in [4.78, 5) is 12.1. The third kappa shape index (κ3) is 4.84. The Labute approximate surface area is 136 Å². The molecule has 1 amide bonds. The minimum absolute atomic E-state index is 0. The monoisotopic (exact) mass is 330 g/mol. The number of aliphatic hydroxyl groups excluding tert-OH is 1. The zero-order valence-corrected chi connectivity index (χ0v) is 13.6. The second-order valence-corrected chi connectivity index (χ2v) is 5.05. The van der Waals surface area contributed by atoms with E-state index in [1.54, 1.807) is 31.4 Å². The maximum Gasteiger partial charge on any atom is 0.239 e. The fraction of sp³-hybridized carbons (Fsp3) is 0.533. The first-order valence-electron chi connectivity index (χ1n) is 7.06. The van der Waals surface area contributed by atoms with Crippen LogP contribution in [0.25, 0.3) is 0 Å². The van der Waals surface area contributed by atoms with E-state index < -0.39 is 6.10 Å². The summed E-state index contributed by atoms with van der Waals surface area (Å²) in [6.45, 7) is 3.27. The van der Waals surface area contributed by atoms with Crippen LogP contribution in [0, 0.1) is 0 Å². The highest BCUT2D eigenvalue weighted by atomic mass is 35.5. The summed E-state index contributed by atoms with van der Waals surface area (Å²) in [7, 11) is 1.57. The standard InChI is InChI=1S/C15H22N2O4.ClH/c1-10-14(16-6-7-21-10)15(19)17-9-13(18)11-4-3-5-12(8-11)20-2;/h3-5,8,10,13-14,16,18H,6-7,9H2,1-2H3,(H,17,19);1H/t10-,13?,14+;/m1./s1. The van der Waals surface area contributed by atoms with Gasteiger partial charge in [-0.05, 0) is 24.6 Å². The third-order valence-corrected chi connectivity index (χ3v) is 3.55. The lowest BCUT2D eigenvalue weighted by molar-refractivity contribution is -0.129. The Balaban J connectivity index is 0.00000242. The van der Waals surface area contributed by atoms with Gasteiger partial charge in [0.2, 0.25) is 5.91 Å². The Hall–Kier alpha value is -1.34. The van der Waals surface area contributed by atoms with Gasteiger partial charge in [0.15, 0.2) is 0 Å². The van der Waals surface area contributed by atoms with Crippen LogP contribution in [-0.2, 0) is 9.53 Å². The molecule has 1 fully saturated rings. The SMILES string of the molecule is COc1cccc(C(O)CNC(=O)[C@H]2NCCO[C@@H]2C)c1.Cl. The van der Waals surface area contributed by atoms with Crippen LogP contribution in [-0.4, -0.2) is 50.0 Å². The zero-order valence-electron chi connectivity index (χ0n) is 12.7. The van der Waals surface area contributed by atoms with Crippen LogP contribution >= 0.6 is 12.4 Å². The summed E-state index contributed by atoms with van der Waals surface area (Å²) >= 11 is 0. The third-order valence-electron chi connectivity index (χ3n) is 3.55. The minimum atomic E-state index is -0.774. The first kappa shape index (κ1) is 18.7. The van der Waals surface area contributed by atoms with Gasteiger partial charge in [-0.15, -0.1) is 12.4 Å². The molecule has 0 radical (unpaired) electrons. The van der Waals surface area contributed by atoms with E-state index in [1.807, 2.05) is 6.92 Å². The number of hydrogen-bond donors (Lipinski definition) is 3. The molecule has 124 valence electrons. The Morgan fingerprint density at radius 2 is 2.36 bits per heavy atom. The van der Waals surface area contributed by atoms with Gasteiger partial charge in [0.25, 0.3) is 0 Å². The van der Waals surface area contributed by atoms with Crippen molar-refractivity contribution < 1.29 is 19.4 Å². The molecule has 3 N–H and O–H groups in total. The molecule has 1 unspecified atom stereocenters. The topological polar surface area (TPSA) is 79.8 Å². The zero-order chi connectivity index (χ0) is 15.2. The van der Waals surface area contributed by atoms with Crippen molar-refractivity contribution >= 4 is 18.3 Å². The van der Waals surface area contributed by atoms with Crippen LogP contribution in [0.1, 0.15) is 18.6 Å². The van der Waals surface area contributed by atoms with Crippen molar-refractivity contribution in [3.63, 3.8) is 0 Å². The van der Waals surface area contributed by atoms with Crippen LogP contribution < -0.4 is 15.4 Å². The van der Waals surface area contributed by atoms with E-state index in [0.717, 1.165) is 0 Å². The first-order valence-corrected chi connectivity index (χ1v) is 7.06. The van der Waals surface area contributed by atoms with Gasteiger partial charge in [0.05, 0.1) is 25.9 Å². The van der Waals surface area contributed by atoms with E-state index in [2.05, 4.69) is 10.6 Å². The lowest BCUT2D eigenvalue weighted by Crippen LogP contribution is -2.55. The van der Waals surface area contributed by atoms with Gasteiger partial charge < -0.3 is 25.2 Å². The quantitative estimate of drug-likeness (QED) is 0.738. The van der Waals surface area contributed by atoms with Crippen LogP contribution in [0.2, 0.25) is 0 Å². The molecule has 6 nitrogen and oxygen atoms in total. The number of amides is 1. The molecule has 1 aromatic carbocycles. The number of nitrogens with one attached hydrogen (secondary N) is 2. The number of rotatable bonds is 5. The molecule has 1 heterocycles. The molecule has 0 spiro atoms. The molecule has 22 heavy (non-hydrogen) atoms. The molecule has 0 aromatic heterocycles. The summed E-state index contributed by atoms with van der Waals surface area (Å²) in [6.07, 6.45) is -0.948. The average molecular weight is 331 g/mol. The molecule has 1 aliphatic heterocycles. The number of halogens is 1. The Morgan fingerprint density at radius 1 is 1.59 bits per heavy atom. The summed E-state index contributed by atoms with van der Waals surface area (Å²) in [6, 6.07) is 6.78. The van der Waals surface area contributed by atoms with Crippen LogP contribution in [0.15, 0.2) is 24.3 Å². The van der Waals surface area contributed by atoms with Crippen molar-refractivity contribution in [2.24, 2.45) is 0 Å². The van der Waals surface area contributed by atoms with Crippen molar-refractivity contribution in [2.75, 3.05) is 26.8 Å². The second-order valence-electron chi connectivity index (χ2n) is 5.05. The van der Waals surface area contributed by atoms with Gasteiger partial charge in [-0.25, -0.2) is 0 Å². The van der Waals surface area contributed by atoms with Gasteiger partial charge in [-0.2, -0.15) is 0 Å². The van der Waals surface area contributed by atoms with E-state index in [0.29, 0.717) is 24.5 Å². The Morgan fingerprint density at radius 3 is 3.05 bits per heavy atom. The van der Waals surface area contributed by atoms with Gasteiger partial charge in [-0.3, -0.25) is 4.79 Å². The van der Waals surface area contributed by atoms with E-state index in [4.69, 9.17) is 9.47 Å². The van der Waals surface area contributed by atoms with Crippen LogP contribution in [0.3, 0.4) is 0 Å². The van der Waals surface area contributed by atoms with Crippen molar-refractivity contribution in [1.29, 1.82) is 0 Å². The highest BCUT2D eigenvalue weighted by molar-refractivity contribution is 5.85. The summed E-state index contributed by atoms with van der Waals surface area (Å²) in [5.74, 6) is 0.512. The summed E-state index contributed by atoms with van der Waals surface area (Å²) in [5, 5.41) is 16.0. The highest BCUT2D eigenvalue weighted by Gasteiger charge is 2.28. The summed E-state index contributed by atoms with van der Waals surface area (Å²) in [5.41, 5.74) is 0.704. The van der Waals surface area contributed by atoms with E-state index in [9.17, 15) is 9.90 Å². The number of benzene rings is 1. The molecule has 0 saturated carbocycles. The lowest BCUT2D eigenvalue weighted by Gasteiger charge is -2.29. The Bertz CT molecular complexity index is 486. The van der Waals surface area contributed by atoms with E-state index in [-0.39, 0.29) is 37.0 Å². The maximum atomic E-state index is 12.1. The molecular weight excluding hydrogens is 308 g/mol.